The Morgan fingerprint density at radius 3 is 2.71 bits per heavy atom. The minimum Gasteiger partial charge on any atom is -0.492 e. The molecule has 5 rings (SSSR count). The normalized spacial score (nSPS) is 24.6. The Labute approximate surface area is 184 Å². The second-order valence-electron chi connectivity index (χ2n) is 8.90. The van der Waals surface area contributed by atoms with Crippen molar-refractivity contribution >= 4 is 5.91 Å². The van der Waals surface area contributed by atoms with Crippen molar-refractivity contribution in [3.8, 4) is 5.75 Å². The maximum atomic E-state index is 13.3. The zero-order valence-electron chi connectivity index (χ0n) is 18.2. The van der Waals surface area contributed by atoms with Crippen molar-refractivity contribution < 1.29 is 19.0 Å². The summed E-state index contributed by atoms with van der Waals surface area (Å²) in [6.45, 7) is 4.83. The fourth-order valence-corrected chi connectivity index (χ4v) is 5.36. The van der Waals surface area contributed by atoms with Gasteiger partial charge in [0.05, 0.1) is 30.0 Å². The van der Waals surface area contributed by atoms with Gasteiger partial charge in [0.2, 0.25) is 0 Å². The molecule has 2 atom stereocenters. The molecular formula is C26H31NO4. The molecule has 1 amide bonds. The van der Waals surface area contributed by atoms with E-state index in [9.17, 15) is 4.79 Å². The van der Waals surface area contributed by atoms with Crippen LogP contribution in [-0.2, 0) is 15.9 Å². The highest BCUT2D eigenvalue weighted by molar-refractivity contribution is 5.97. The topological polar surface area (TPSA) is 48.0 Å². The second-order valence-corrected chi connectivity index (χ2v) is 8.90. The monoisotopic (exact) mass is 421 g/mol. The highest BCUT2D eigenvalue weighted by Gasteiger charge is 2.45. The third kappa shape index (κ3) is 4.09. The number of para-hydroxylation sites is 1. The van der Waals surface area contributed by atoms with Gasteiger partial charge in [-0.15, -0.1) is 0 Å². The van der Waals surface area contributed by atoms with Crippen molar-refractivity contribution in [3.63, 3.8) is 0 Å². The largest absolute Gasteiger partial charge is 0.492 e. The van der Waals surface area contributed by atoms with Crippen LogP contribution in [0.3, 0.4) is 0 Å². The Morgan fingerprint density at radius 1 is 1.13 bits per heavy atom. The van der Waals surface area contributed by atoms with Crippen LogP contribution in [0.1, 0.15) is 60.2 Å². The smallest absolute Gasteiger partial charge is 0.257 e. The molecular weight excluding hydrogens is 390 g/mol. The molecule has 2 fully saturated rings. The summed E-state index contributed by atoms with van der Waals surface area (Å²) in [6.07, 6.45) is 4.57. The molecule has 2 saturated heterocycles. The van der Waals surface area contributed by atoms with Gasteiger partial charge in [-0.3, -0.25) is 4.79 Å². The molecule has 2 aromatic carbocycles. The van der Waals surface area contributed by atoms with Gasteiger partial charge in [-0.1, -0.05) is 42.5 Å². The fraction of sp³-hybridized carbons (Fsp3) is 0.500. The van der Waals surface area contributed by atoms with Crippen LogP contribution in [-0.4, -0.2) is 48.8 Å². The summed E-state index contributed by atoms with van der Waals surface area (Å²) in [4.78, 5) is 15.2. The van der Waals surface area contributed by atoms with Gasteiger partial charge in [0.25, 0.3) is 5.91 Å². The van der Waals surface area contributed by atoms with E-state index in [4.69, 9.17) is 14.2 Å². The molecule has 0 aliphatic carbocycles. The third-order valence-electron chi connectivity index (χ3n) is 6.95. The van der Waals surface area contributed by atoms with Gasteiger partial charge in [0.1, 0.15) is 5.75 Å². The van der Waals surface area contributed by atoms with E-state index in [0.717, 1.165) is 43.4 Å². The molecule has 0 unspecified atom stereocenters. The van der Waals surface area contributed by atoms with Crippen LogP contribution in [0, 0.1) is 0 Å². The molecule has 1 spiro atoms. The van der Waals surface area contributed by atoms with E-state index in [1.54, 1.807) is 0 Å². The standard InChI is InChI=1S/C26H31NO4/c1-2-29-21-17-23(19-7-4-3-5-8-19)31-26(18-21)12-14-27(15-13-26)25(28)22-10-6-9-20-11-16-30-24(20)22/h3-10,21,23H,2,11-18H2,1H3/t21-,23-/m1/s1. The highest BCUT2D eigenvalue weighted by atomic mass is 16.5. The third-order valence-corrected chi connectivity index (χ3v) is 6.95. The Hall–Kier alpha value is -2.37. The maximum Gasteiger partial charge on any atom is 0.257 e. The SMILES string of the molecule is CCO[C@@H]1C[C@H](c2ccccc2)OC2(CCN(C(=O)c3cccc4c3OCC4)CC2)C1. The first kappa shape index (κ1) is 20.5. The van der Waals surface area contributed by atoms with Crippen molar-refractivity contribution in [2.45, 2.75) is 56.8 Å². The molecule has 0 radical (unpaired) electrons. The van der Waals surface area contributed by atoms with Crippen molar-refractivity contribution in [2.75, 3.05) is 26.3 Å². The molecule has 0 N–H and O–H groups in total. The molecule has 0 bridgehead atoms. The lowest BCUT2D eigenvalue weighted by Crippen LogP contribution is -2.52. The van der Waals surface area contributed by atoms with Gasteiger partial charge in [-0.05, 0) is 37.0 Å². The molecule has 31 heavy (non-hydrogen) atoms. The van der Waals surface area contributed by atoms with Crippen molar-refractivity contribution in [1.29, 1.82) is 0 Å². The molecule has 3 heterocycles. The lowest BCUT2D eigenvalue weighted by Gasteiger charge is -2.48. The number of hydrogen-bond acceptors (Lipinski definition) is 4. The highest BCUT2D eigenvalue weighted by Crippen LogP contribution is 2.44. The maximum absolute atomic E-state index is 13.3. The van der Waals surface area contributed by atoms with E-state index >= 15 is 0 Å². The Kier molecular flexibility index (Phi) is 5.72. The van der Waals surface area contributed by atoms with Crippen LogP contribution in [0.5, 0.6) is 5.75 Å². The van der Waals surface area contributed by atoms with Crippen molar-refractivity contribution in [1.82, 2.24) is 4.90 Å². The van der Waals surface area contributed by atoms with Gasteiger partial charge >= 0.3 is 0 Å². The predicted octanol–water partition coefficient (Wildman–Crippen LogP) is 4.55. The minimum atomic E-state index is -0.232. The van der Waals surface area contributed by atoms with Crippen molar-refractivity contribution in [3.05, 3.63) is 65.2 Å². The quantitative estimate of drug-likeness (QED) is 0.727. The van der Waals surface area contributed by atoms with Gasteiger partial charge in [0, 0.05) is 39.0 Å². The van der Waals surface area contributed by atoms with Crippen LogP contribution < -0.4 is 4.74 Å². The molecule has 0 aromatic heterocycles. The Bertz CT molecular complexity index is 920. The van der Waals surface area contributed by atoms with Gasteiger partial charge in [0.15, 0.2) is 0 Å². The summed E-state index contributed by atoms with van der Waals surface area (Å²) in [5.41, 5.74) is 2.82. The molecule has 3 aliphatic heterocycles. The zero-order valence-corrected chi connectivity index (χ0v) is 18.2. The number of rotatable bonds is 4. The number of carbonyl (C=O) groups is 1. The Balaban J connectivity index is 1.31. The number of piperidine rings is 1. The van der Waals surface area contributed by atoms with E-state index in [-0.39, 0.29) is 23.7 Å². The van der Waals surface area contributed by atoms with Crippen LogP contribution >= 0.6 is 0 Å². The summed E-state index contributed by atoms with van der Waals surface area (Å²) >= 11 is 0. The predicted molar refractivity (Wildman–Crippen MR) is 118 cm³/mol. The first-order valence-electron chi connectivity index (χ1n) is 11.6. The lowest BCUT2D eigenvalue weighted by molar-refractivity contribution is -0.190. The number of benzene rings is 2. The van der Waals surface area contributed by atoms with Crippen LogP contribution in [0.15, 0.2) is 48.5 Å². The average Bonchev–Trinajstić information content (AvgIpc) is 3.29. The minimum absolute atomic E-state index is 0.0412. The molecule has 3 aliphatic rings. The number of carbonyl (C=O) groups excluding carboxylic acids is 1. The first-order chi connectivity index (χ1) is 15.2. The zero-order chi connectivity index (χ0) is 21.3. The summed E-state index contributed by atoms with van der Waals surface area (Å²) in [5, 5.41) is 0. The summed E-state index contributed by atoms with van der Waals surface area (Å²) in [7, 11) is 0. The summed E-state index contributed by atoms with van der Waals surface area (Å²) in [5.74, 6) is 0.854. The number of ether oxygens (including phenoxy) is 3. The van der Waals surface area contributed by atoms with Gasteiger partial charge in [-0.2, -0.15) is 0 Å². The average molecular weight is 422 g/mol. The first-order valence-corrected chi connectivity index (χ1v) is 11.6. The molecule has 0 saturated carbocycles. The van der Waals surface area contributed by atoms with E-state index in [2.05, 4.69) is 37.3 Å². The van der Waals surface area contributed by atoms with Crippen molar-refractivity contribution in [2.24, 2.45) is 0 Å². The van der Waals surface area contributed by atoms with E-state index < -0.39 is 0 Å². The molecule has 164 valence electrons. The Morgan fingerprint density at radius 2 is 1.94 bits per heavy atom. The molecule has 5 heteroatoms. The number of fused-ring (bicyclic) bond motifs is 1. The number of likely N-dealkylation sites (tertiary alicyclic amines) is 1. The molecule has 2 aromatic rings. The fourth-order valence-electron chi connectivity index (χ4n) is 5.36. The number of amides is 1. The van der Waals surface area contributed by atoms with Crippen LogP contribution in [0.4, 0.5) is 0 Å². The van der Waals surface area contributed by atoms with E-state index in [1.807, 2.05) is 23.1 Å². The number of hydrogen-bond donors (Lipinski definition) is 0. The molecule has 5 nitrogen and oxygen atoms in total. The second kappa shape index (κ2) is 8.64. The van der Waals surface area contributed by atoms with Crippen LogP contribution in [0.2, 0.25) is 0 Å². The summed E-state index contributed by atoms with van der Waals surface area (Å²) in [6, 6.07) is 16.4. The summed E-state index contributed by atoms with van der Waals surface area (Å²) < 4.78 is 18.6. The number of nitrogens with zero attached hydrogens (tertiary/aromatic N) is 1. The lowest BCUT2D eigenvalue weighted by atomic mass is 9.80. The van der Waals surface area contributed by atoms with E-state index in [0.29, 0.717) is 31.9 Å². The van der Waals surface area contributed by atoms with E-state index in [1.165, 1.54) is 5.56 Å². The van der Waals surface area contributed by atoms with Gasteiger partial charge in [-0.25, -0.2) is 0 Å². The van der Waals surface area contributed by atoms with Gasteiger partial charge < -0.3 is 19.1 Å². The van der Waals surface area contributed by atoms with Crippen LogP contribution in [0.25, 0.3) is 0 Å².